The molecule has 6 fully saturated rings. The number of allylic oxidation sites excluding steroid dienone is 1. The summed E-state index contributed by atoms with van der Waals surface area (Å²) in [5, 5.41) is 68.8. The molecule has 1 spiro atoms. The van der Waals surface area contributed by atoms with Gasteiger partial charge in [-0.3, -0.25) is 9.59 Å². The number of aryl methyl sites for hydroxylation is 1. The topological polar surface area (TPSA) is 171 Å². The van der Waals surface area contributed by atoms with Crippen molar-refractivity contribution in [2.24, 2.45) is 51.8 Å². The van der Waals surface area contributed by atoms with Crippen molar-refractivity contribution in [2.45, 2.75) is 154 Å². The monoisotopic (exact) mass is 763 g/mol. The maximum absolute atomic E-state index is 14.1. The normalized spacial score (nSPS) is 44.2. The number of hydrogen-bond donors (Lipinski definition) is 6. The number of carbonyl (C=O) groups is 2. The van der Waals surface area contributed by atoms with E-state index >= 15 is 0 Å². The molecule has 7 aliphatic rings. The van der Waals surface area contributed by atoms with E-state index in [9.17, 15) is 40.2 Å². The molecule has 1 aromatic rings. The Labute approximate surface area is 326 Å². The van der Waals surface area contributed by atoms with Crippen molar-refractivity contribution in [1.29, 1.82) is 0 Å². The van der Waals surface area contributed by atoms with Crippen LogP contribution in [-0.4, -0.2) is 91.1 Å². The highest BCUT2D eigenvalue weighted by Crippen LogP contribution is 2.71. The number of hydrogen-bond acceptors (Lipinski definition) is 9. The molecular formula is C45H65NO9. The van der Waals surface area contributed by atoms with E-state index in [-0.39, 0.29) is 72.8 Å². The van der Waals surface area contributed by atoms with Crippen LogP contribution in [-0.2, 0) is 20.7 Å². The zero-order valence-electron chi connectivity index (χ0n) is 33.5. The lowest BCUT2D eigenvalue weighted by molar-refractivity contribution is -0.168. The number of epoxide rings is 1. The highest BCUT2D eigenvalue weighted by molar-refractivity contribution is 6.00. The summed E-state index contributed by atoms with van der Waals surface area (Å²) in [6, 6.07) is 5.35. The van der Waals surface area contributed by atoms with Gasteiger partial charge in [0.2, 0.25) is 5.91 Å². The lowest BCUT2D eigenvalue weighted by Gasteiger charge is -2.61. The predicted molar refractivity (Wildman–Crippen MR) is 207 cm³/mol. The first kappa shape index (κ1) is 39.5. The number of anilines is 1. The Morgan fingerprint density at radius 1 is 0.982 bits per heavy atom. The van der Waals surface area contributed by atoms with Gasteiger partial charge in [-0.25, -0.2) is 0 Å². The van der Waals surface area contributed by atoms with Crippen molar-refractivity contribution in [3.05, 3.63) is 35.4 Å². The van der Waals surface area contributed by atoms with E-state index in [1.54, 1.807) is 23.1 Å². The lowest BCUT2D eigenvalue weighted by atomic mass is 9.44. The summed E-state index contributed by atoms with van der Waals surface area (Å²) in [7, 11) is 0. The summed E-state index contributed by atoms with van der Waals surface area (Å²) >= 11 is 0. The second-order valence-corrected chi connectivity index (χ2v) is 20.0. The number of carbonyl (C=O) groups excluding carboxylic acids is 2. The number of aliphatic hydroxyl groups excluding tert-OH is 3. The first-order valence-electron chi connectivity index (χ1n) is 21.4. The van der Waals surface area contributed by atoms with E-state index in [1.165, 1.54) is 0 Å². The van der Waals surface area contributed by atoms with E-state index in [4.69, 9.17) is 4.74 Å². The molecule has 304 valence electrons. The van der Waals surface area contributed by atoms with E-state index in [2.05, 4.69) is 20.8 Å². The molecule has 14 atom stereocenters. The van der Waals surface area contributed by atoms with Crippen LogP contribution in [0.2, 0.25) is 0 Å². The van der Waals surface area contributed by atoms with Crippen LogP contribution in [0.1, 0.15) is 117 Å². The number of ether oxygens (including phenoxy) is 1. The quantitative estimate of drug-likeness (QED) is 0.185. The molecule has 6 N–H and O–H groups in total. The summed E-state index contributed by atoms with van der Waals surface area (Å²) in [4.78, 5) is 29.9. The highest BCUT2D eigenvalue weighted by atomic mass is 16.6. The SMILES string of the molecule is CC(C)[C@@H](C)[C@H]1O[C@H]1[C@](C)(O)[C@@H]1CC[C@]2(O)C3=CC(=O)[C@H]4C[C@@H](O)[C@@H](O)C[C@]4(C)[C@@H]3CC[C@]12CCc1cc(O)cc(N2CC[C@]3(CCCC[C@H]3CO)C2=O)c1. The average molecular weight is 764 g/mol. The van der Waals surface area contributed by atoms with Crippen molar-refractivity contribution in [2.75, 3.05) is 18.1 Å². The minimum absolute atomic E-state index is 0.00490. The van der Waals surface area contributed by atoms with Crippen molar-refractivity contribution in [3.63, 3.8) is 0 Å². The van der Waals surface area contributed by atoms with Crippen molar-refractivity contribution in [1.82, 2.24) is 0 Å². The third kappa shape index (κ3) is 5.84. The summed E-state index contributed by atoms with van der Waals surface area (Å²) in [5.41, 5.74) is -2.50. The highest BCUT2D eigenvalue weighted by Gasteiger charge is 2.72. The Hall–Kier alpha value is -2.34. The number of phenols is 1. The molecule has 0 aromatic heterocycles. The van der Waals surface area contributed by atoms with Gasteiger partial charge in [0, 0.05) is 36.2 Å². The van der Waals surface area contributed by atoms with Crippen LogP contribution >= 0.6 is 0 Å². The molecule has 1 amide bonds. The standard InChI is InChI=1S/C45H65NO9/c1-25(2)26(3)38-39(55-38)42(5,53)37-11-15-45(54)32-21-34(49)33-22-35(50)36(51)23-41(33,4)31(32)10-14-44(37,45)13-9-27-18-29(20-30(48)19-27)46-17-16-43(40(46)52)12-7-6-8-28(43)24-47/h18-21,25-26,28,31,33,35-39,47-48,50-51,53-54H,6-17,22-24H2,1-5H3/t26-,28+,31-,33-,35-,36+,37+,38-,39-,41-,42-,43+,44-,45+/m1/s1. The number of amides is 1. The van der Waals surface area contributed by atoms with Crippen LogP contribution < -0.4 is 4.90 Å². The molecular weight excluding hydrogens is 698 g/mol. The fourth-order valence-corrected chi connectivity index (χ4v) is 13.7. The molecule has 5 aliphatic carbocycles. The van der Waals surface area contributed by atoms with Gasteiger partial charge in [-0.1, -0.05) is 40.5 Å². The van der Waals surface area contributed by atoms with Crippen LogP contribution in [0.3, 0.4) is 0 Å². The van der Waals surface area contributed by atoms with Crippen molar-refractivity contribution in [3.8, 4) is 5.75 Å². The third-order valence-electron chi connectivity index (χ3n) is 17.2. The smallest absolute Gasteiger partial charge is 0.233 e. The number of aromatic hydroxyl groups is 1. The van der Waals surface area contributed by atoms with Crippen LogP contribution in [0.25, 0.3) is 0 Å². The molecule has 2 heterocycles. The van der Waals surface area contributed by atoms with Crippen LogP contribution in [0.5, 0.6) is 5.75 Å². The van der Waals surface area contributed by atoms with Gasteiger partial charge in [-0.15, -0.1) is 0 Å². The maximum Gasteiger partial charge on any atom is 0.233 e. The molecule has 55 heavy (non-hydrogen) atoms. The van der Waals surface area contributed by atoms with E-state index in [0.29, 0.717) is 68.7 Å². The van der Waals surface area contributed by atoms with Gasteiger partial charge in [0.15, 0.2) is 5.78 Å². The van der Waals surface area contributed by atoms with E-state index in [1.807, 2.05) is 19.9 Å². The predicted octanol–water partition coefficient (Wildman–Crippen LogP) is 5.23. The van der Waals surface area contributed by atoms with Crippen molar-refractivity contribution < 1.29 is 45.0 Å². The Kier molecular flexibility index (Phi) is 9.78. The fraction of sp³-hybridized carbons (Fsp3) is 0.778. The number of ketones is 1. The maximum atomic E-state index is 14.1. The van der Waals surface area contributed by atoms with E-state index in [0.717, 1.165) is 31.2 Å². The summed E-state index contributed by atoms with van der Waals surface area (Å²) in [5.74, 6) is -0.415. The Bertz CT molecular complexity index is 1720. The first-order chi connectivity index (χ1) is 25.9. The fourth-order valence-electron chi connectivity index (χ4n) is 13.7. The molecule has 2 aliphatic heterocycles. The van der Waals surface area contributed by atoms with Gasteiger partial charge < -0.3 is 40.3 Å². The van der Waals surface area contributed by atoms with Gasteiger partial charge in [-0.2, -0.15) is 0 Å². The van der Waals surface area contributed by atoms with Crippen LogP contribution in [0.4, 0.5) is 5.69 Å². The lowest BCUT2D eigenvalue weighted by Crippen LogP contribution is -2.63. The Morgan fingerprint density at radius 3 is 2.47 bits per heavy atom. The molecule has 8 rings (SSSR count). The number of rotatable bonds is 9. The minimum atomic E-state index is -1.40. The average Bonchev–Trinajstić information content (AvgIpc) is 3.81. The molecule has 0 bridgehead atoms. The van der Waals surface area contributed by atoms with Gasteiger partial charge in [0.25, 0.3) is 0 Å². The zero-order chi connectivity index (χ0) is 39.5. The Balaban J connectivity index is 1.14. The van der Waals surface area contributed by atoms with E-state index < -0.39 is 45.6 Å². The number of fused-ring (bicyclic) bond motifs is 5. The molecule has 0 unspecified atom stereocenters. The molecule has 10 nitrogen and oxygen atoms in total. The second kappa shape index (κ2) is 13.6. The van der Waals surface area contributed by atoms with Gasteiger partial charge >= 0.3 is 0 Å². The summed E-state index contributed by atoms with van der Waals surface area (Å²) < 4.78 is 6.29. The van der Waals surface area contributed by atoms with Gasteiger partial charge in [0.05, 0.1) is 34.9 Å². The van der Waals surface area contributed by atoms with Crippen LogP contribution in [0, 0.1) is 51.8 Å². The molecule has 2 saturated heterocycles. The first-order valence-corrected chi connectivity index (χ1v) is 21.4. The zero-order valence-corrected chi connectivity index (χ0v) is 33.5. The second-order valence-electron chi connectivity index (χ2n) is 20.0. The van der Waals surface area contributed by atoms with Gasteiger partial charge in [0.1, 0.15) is 11.9 Å². The van der Waals surface area contributed by atoms with Crippen LogP contribution in [0.15, 0.2) is 29.8 Å². The van der Waals surface area contributed by atoms with Crippen molar-refractivity contribution >= 4 is 17.4 Å². The number of benzene rings is 1. The van der Waals surface area contributed by atoms with Gasteiger partial charge in [-0.05, 0) is 142 Å². The number of nitrogens with zero attached hydrogens (tertiary/aromatic N) is 1. The molecule has 0 radical (unpaired) electrons. The summed E-state index contributed by atoms with van der Waals surface area (Å²) in [6.07, 6.45) is 7.19. The molecule has 10 heteroatoms. The molecule has 4 saturated carbocycles. The molecule has 1 aromatic carbocycles. The minimum Gasteiger partial charge on any atom is -0.508 e. The number of aliphatic hydroxyl groups is 5. The Morgan fingerprint density at radius 2 is 1.75 bits per heavy atom. The summed E-state index contributed by atoms with van der Waals surface area (Å²) in [6.45, 7) is 10.9. The third-order valence-corrected chi connectivity index (χ3v) is 17.2. The largest absolute Gasteiger partial charge is 0.508 e. The number of phenolic OH excluding ortho intramolecular Hbond substituents is 1.